The Morgan fingerprint density at radius 3 is 2.43 bits per heavy atom. The maximum Gasteiger partial charge on any atom is 0.238 e. The van der Waals surface area contributed by atoms with Crippen LogP contribution in [0.1, 0.15) is 24.0 Å². The number of sulfonamides is 1. The van der Waals surface area contributed by atoms with Crippen LogP contribution in [0.4, 0.5) is 0 Å². The lowest BCUT2D eigenvalue weighted by Crippen LogP contribution is -2.45. The van der Waals surface area contributed by atoms with Crippen molar-refractivity contribution in [3.05, 3.63) is 35.4 Å². The van der Waals surface area contributed by atoms with Crippen LogP contribution in [0.2, 0.25) is 0 Å². The predicted molar refractivity (Wildman–Crippen MR) is 90.3 cm³/mol. The van der Waals surface area contributed by atoms with E-state index in [1.807, 2.05) is 38.4 Å². The van der Waals surface area contributed by atoms with Crippen molar-refractivity contribution < 1.29 is 13.2 Å². The molecule has 0 spiro atoms. The average Bonchev–Trinajstić information content (AvgIpc) is 2.95. The average molecular weight is 339 g/mol. The molecule has 0 saturated carbocycles. The van der Waals surface area contributed by atoms with Crippen molar-refractivity contribution in [3.63, 3.8) is 0 Å². The first kappa shape index (κ1) is 17.9. The minimum Gasteiger partial charge on any atom is -0.351 e. The van der Waals surface area contributed by atoms with Gasteiger partial charge in [0.2, 0.25) is 15.9 Å². The van der Waals surface area contributed by atoms with Gasteiger partial charge in [-0.2, -0.15) is 4.31 Å². The van der Waals surface area contributed by atoms with Crippen LogP contribution in [0.3, 0.4) is 0 Å². The quantitative estimate of drug-likeness (QED) is 0.832. The summed E-state index contributed by atoms with van der Waals surface area (Å²) in [4.78, 5) is 14.4. The molecule has 23 heavy (non-hydrogen) atoms. The van der Waals surface area contributed by atoms with Crippen LogP contribution in [0, 0.1) is 0 Å². The summed E-state index contributed by atoms with van der Waals surface area (Å²) in [6, 6.07) is 7.49. The molecule has 128 valence electrons. The Balaban J connectivity index is 1.91. The van der Waals surface area contributed by atoms with E-state index in [0.29, 0.717) is 19.5 Å². The van der Waals surface area contributed by atoms with Gasteiger partial charge in [-0.25, -0.2) is 8.42 Å². The highest BCUT2D eigenvalue weighted by Crippen LogP contribution is 2.20. The summed E-state index contributed by atoms with van der Waals surface area (Å²) in [6.45, 7) is 1.71. The molecule has 1 heterocycles. The van der Waals surface area contributed by atoms with E-state index in [4.69, 9.17) is 0 Å². The molecule has 0 aliphatic carbocycles. The summed E-state index contributed by atoms with van der Waals surface area (Å²) < 4.78 is 24.7. The minimum atomic E-state index is -3.33. The fourth-order valence-electron chi connectivity index (χ4n) is 2.83. The van der Waals surface area contributed by atoms with Gasteiger partial charge in [0.15, 0.2) is 0 Å². The van der Waals surface area contributed by atoms with Gasteiger partial charge in [-0.05, 0) is 38.1 Å². The van der Waals surface area contributed by atoms with E-state index in [9.17, 15) is 13.2 Å². The molecule has 1 fully saturated rings. The van der Waals surface area contributed by atoms with Gasteiger partial charge >= 0.3 is 0 Å². The van der Waals surface area contributed by atoms with E-state index < -0.39 is 16.1 Å². The van der Waals surface area contributed by atoms with E-state index in [-0.39, 0.29) is 5.91 Å². The molecule has 0 aromatic heterocycles. The lowest BCUT2D eigenvalue weighted by Gasteiger charge is -2.21. The van der Waals surface area contributed by atoms with Crippen LogP contribution in [-0.2, 0) is 27.9 Å². The Morgan fingerprint density at radius 1 is 1.26 bits per heavy atom. The lowest BCUT2D eigenvalue weighted by molar-refractivity contribution is -0.124. The number of carbonyl (C=O) groups is 1. The van der Waals surface area contributed by atoms with Crippen LogP contribution < -0.4 is 5.32 Å². The van der Waals surface area contributed by atoms with Crippen molar-refractivity contribution in [2.75, 3.05) is 26.9 Å². The summed E-state index contributed by atoms with van der Waals surface area (Å²) in [5.74, 6) is -0.217. The maximum absolute atomic E-state index is 12.3. The van der Waals surface area contributed by atoms with Gasteiger partial charge in [-0.1, -0.05) is 24.3 Å². The summed E-state index contributed by atoms with van der Waals surface area (Å²) in [5, 5.41) is 2.85. The van der Waals surface area contributed by atoms with Gasteiger partial charge in [0, 0.05) is 19.6 Å². The fraction of sp³-hybridized carbons (Fsp3) is 0.562. The normalized spacial score (nSPS) is 19.2. The van der Waals surface area contributed by atoms with E-state index in [2.05, 4.69) is 10.2 Å². The number of carbonyl (C=O) groups excluding carboxylic acids is 1. The fourth-order valence-corrected chi connectivity index (χ4v) is 3.96. The van der Waals surface area contributed by atoms with Crippen LogP contribution in [0.15, 0.2) is 24.3 Å². The maximum atomic E-state index is 12.3. The number of hydrogen-bond acceptors (Lipinski definition) is 4. The van der Waals surface area contributed by atoms with Crippen molar-refractivity contribution in [1.82, 2.24) is 14.5 Å². The van der Waals surface area contributed by atoms with Crippen LogP contribution in [-0.4, -0.2) is 56.5 Å². The third kappa shape index (κ3) is 5.02. The van der Waals surface area contributed by atoms with Crippen molar-refractivity contribution in [2.45, 2.75) is 32.0 Å². The zero-order valence-corrected chi connectivity index (χ0v) is 14.8. The highest BCUT2D eigenvalue weighted by molar-refractivity contribution is 7.88. The lowest BCUT2D eigenvalue weighted by atomic mass is 10.1. The summed E-state index contributed by atoms with van der Waals surface area (Å²) in [5.41, 5.74) is 2.22. The number of nitrogens with one attached hydrogen (secondary N) is 1. The minimum absolute atomic E-state index is 0.217. The highest BCUT2D eigenvalue weighted by atomic mass is 32.2. The van der Waals surface area contributed by atoms with Crippen molar-refractivity contribution in [2.24, 2.45) is 0 Å². The van der Waals surface area contributed by atoms with E-state index in [1.54, 1.807) is 0 Å². The molecule has 1 aliphatic rings. The Hall–Kier alpha value is -1.44. The number of hydrogen-bond donors (Lipinski definition) is 1. The van der Waals surface area contributed by atoms with Crippen molar-refractivity contribution in [3.8, 4) is 0 Å². The monoisotopic (exact) mass is 339 g/mol. The summed E-state index contributed by atoms with van der Waals surface area (Å²) >= 11 is 0. The van der Waals surface area contributed by atoms with E-state index in [0.717, 1.165) is 24.8 Å². The molecular weight excluding hydrogens is 314 g/mol. The highest BCUT2D eigenvalue weighted by Gasteiger charge is 2.36. The predicted octanol–water partition coefficient (Wildman–Crippen LogP) is 0.788. The van der Waals surface area contributed by atoms with Gasteiger partial charge in [0.1, 0.15) is 6.04 Å². The molecule has 7 heteroatoms. The molecule has 0 bridgehead atoms. The third-order valence-corrected chi connectivity index (χ3v) is 5.21. The number of rotatable bonds is 6. The first-order chi connectivity index (χ1) is 10.8. The smallest absolute Gasteiger partial charge is 0.238 e. The summed E-state index contributed by atoms with van der Waals surface area (Å²) in [7, 11) is 0.705. The van der Waals surface area contributed by atoms with Gasteiger partial charge in [-0.15, -0.1) is 0 Å². The van der Waals surface area contributed by atoms with Crippen molar-refractivity contribution >= 4 is 15.9 Å². The zero-order valence-electron chi connectivity index (χ0n) is 13.9. The van der Waals surface area contributed by atoms with Crippen LogP contribution in [0.5, 0.6) is 0 Å². The van der Waals surface area contributed by atoms with E-state index in [1.165, 1.54) is 9.87 Å². The molecule has 2 rings (SSSR count). The third-order valence-electron chi connectivity index (χ3n) is 3.92. The molecule has 0 radical (unpaired) electrons. The standard InChI is InChI=1S/C16H25N3O3S/c1-18(2)12-14-8-6-13(7-9-14)11-17-16(20)15-5-4-10-19(15)23(3,21)22/h6-9,15H,4-5,10-12H2,1-3H3,(H,17,20)/t15-/m1/s1. The zero-order chi connectivity index (χ0) is 17.0. The number of benzene rings is 1. The molecule has 1 saturated heterocycles. The first-order valence-corrected chi connectivity index (χ1v) is 9.59. The molecule has 0 unspecified atom stereocenters. The number of amides is 1. The van der Waals surface area contributed by atoms with Gasteiger partial charge in [-0.3, -0.25) is 4.79 Å². The molecule has 1 aliphatic heterocycles. The Bertz CT molecular complexity index is 641. The van der Waals surface area contributed by atoms with Crippen molar-refractivity contribution in [1.29, 1.82) is 0 Å². The molecule has 1 atom stereocenters. The Morgan fingerprint density at radius 2 is 1.87 bits per heavy atom. The number of nitrogens with zero attached hydrogens (tertiary/aromatic N) is 2. The largest absolute Gasteiger partial charge is 0.351 e. The first-order valence-electron chi connectivity index (χ1n) is 7.74. The van der Waals surface area contributed by atoms with E-state index >= 15 is 0 Å². The molecule has 1 N–H and O–H groups in total. The topological polar surface area (TPSA) is 69.7 Å². The Kier molecular flexibility index (Phi) is 5.78. The molecule has 6 nitrogen and oxygen atoms in total. The van der Waals surface area contributed by atoms with Gasteiger partial charge in [0.05, 0.1) is 6.26 Å². The molecule has 1 aromatic rings. The van der Waals surface area contributed by atoms with Crippen LogP contribution in [0.25, 0.3) is 0 Å². The summed E-state index contributed by atoms with van der Waals surface area (Å²) in [6.07, 6.45) is 2.47. The second-order valence-electron chi connectivity index (χ2n) is 6.30. The molecule has 1 amide bonds. The second-order valence-corrected chi connectivity index (χ2v) is 8.24. The SMILES string of the molecule is CN(C)Cc1ccc(CNC(=O)[C@H]2CCCN2S(C)(=O)=O)cc1. The Labute approximate surface area is 138 Å². The van der Waals surface area contributed by atoms with Crippen LogP contribution >= 0.6 is 0 Å². The molecular formula is C16H25N3O3S. The molecule has 1 aromatic carbocycles. The van der Waals surface area contributed by atoms with Gasteiger partial charge < -0.3 is 10.2 Å². The van der Waals surface area contributed by atoms with Gasteiger partial charge in [0.25, 0.3) is 0 Å². The second kappa shape index (κ2) is 7.42.